The number of aliphatic hydroxyl groups excluding tert-OH is 5. The van der Waals surface area contributed by atoms with E-state index in [4.69, 9.17) is 9.47 Å². The molecule has 0 aromatic carbocycles. The van der Waals surface area contributed by atoms with E-state index in [0.29, 0.717) is 6.42 Å². The molecule has 0 saturated carbocycles. The number of unbranched alkanes of at least 4 members (excludes halogenated alkanes) is 28. The van der Waals surface area contributed by atoms with E-state index in [9.17, 15) is 30.3 Å². The molecule has 9 nitrogen and oxygen atoms in total. The van der Waals surface area contributed by atoms with Crippen LogP contribution < -0.4 is 5.32 Å². The number of rotatable bonds is 40. The summed E-state index contributed by atoms with van der Waals surface area (Å²) >= 11 is 0. The van der Waals surface area contributed by atoms with Crippen molar-refractivity contribution >= 4 is 5.91 Å². The third kappa shape index (κ3) is 29.5. The first kappa shape index (κ1) is 53.7. The SMILES string of the molecule is CCCCCCCC/C=C\CCCCCCCCCCCCCC(=O)N[C@@H](CO[C@H]1O[C@H](CO)[C@H](O)[C@H](O)[C@H]1O)[C@H](O)/C=C/CCCCCCCCCCCCC. The highest BCUT2D eigenvalue weighted by Crippen LogP contribution is 2.23. The highest BCUT2D eigenvalue weighted by molar-refractivity contribution is 5.76. The average molecular weight is 810 g/mol. The minimum atomic E-state index is -1.56. The van der Waals surface area contributed by atoms with Gasteiger partial charge in [0.25, 0.3) is 0 Å². The fourth-order valence-corrected chi connectivity index (χ4v) is 7.62. The third-order valence-corrected chi connectivity index (χ3v) is 11.5. The highest BCUT2D eigenvalue weighted by atomic mass is 16.7. The number of aliphatic hydroxyl groups is 5. The first-order valence-electron chi connectivity index (χ1n) is 24.1. The molecule has 0 aliphatic carbocycles. The molecule has 0 bridgehead atoms. The minimum absolute atomic E-state index is 0.177. The lowest BCUT2D eigenvalue weighted by Crippen LogP contribution is -2.60. The second kappa shape index (κ2) is 38.8. The molecular formula is C48H91NO8. The molecule has 1 heterocycles. The summed E-state index contributed by atoms with van der Waals surface area (Å²) in [6, 6.07) is -0.801. The number of nitrogens with one attached hydrogen (secondary N) is 1. The lowest BCUT2D eigenvalue weighted by molar-refractivity contribution is -0.302. The van der Waals surface area contributed by atoms with Gasteiger partial charge in [-0.15, -0.1) is 0 Å². The van der Waals surface area contributed by atoms with Crippen LogP contribution in [0.4, 0.5) is 0 Å². The largest absolute Gasteiger partial charge is 0.394 e. The van der Waals surface area contributed by atoms with Crippen molar-refractivity contribution in [1.82, 2.24) is 5.32 Å². The Hall–Kier alpha value is -1.33. The lowest BCUT2D eigenvalue weighted by atomic mass is 9.99. The van der Waals surface area contributed by atoms with E-state index < -0.39 is 49.5 Å². The van der Waals surface area contributed by atoms with Crippen molar-refractivity contribution in [3.05, 3.63) is 24.3 Å². The van der Waals surface area contributed by atoms with Gasteiger partial charge in [-0.1, -0.05) is 192 Å². The van der Waals surface area contributed by atoms with E-state index in [-0.39, 0.29) is 12.5 Å². The summed E-state index contributed by atoms with van der Waals surface area (Å²) in [5.41, 5.74) is 0. The van der Waals surface area contributed by atoms with Crippen molar-refractivity contribution in [2.45, 2.75) is 262 Å². The van der Waals surface area contributed by atoms with Gasteiger partial charge in [-0.05, 0) is 44.9 Å². The van der Waals surface area contributed by atoms with Crippen LogP contribution in [0.15, 0.2) is 24.3 Å². The summed E-state index contributed by atoms with van der Waals surface area (Å²) in [5.74, 6) is -0.177. The molecule has 6 N–H and O–H groups in total. The molecular weight excluding hydrogens is 719 g/mol. The Bertz CT molecular complexity index is 945. The van der Waals surface area contributed by atoms with Crippen LogP contribution in [-0.4, -0.2) is 87.5 Å². The van der Waals surface area contributed by atoms with Gasteiger partial charge < -0.3 is 40.3 Å². The molecule has 0 radical (unpaired) electrons. The third-order valence-electron chi connectivity index (χ3n) is 11.5. The van der Waals surface area contributed by atoms with Crippen molar-refractivity contribution in [2.75, 3.05) is 13.2 Å². The van der Waals surface area contributed by atoms with E-state index in [1.807, 2.05) is 6.08 Å². The minimum Gasteiger partial charge on any atom is -0.394 e. The second-order valence-corrected chi connectivity index (χ2v) is 16.9. The molecule has 1 fully saturated rings. The maximum Gasteiger partial charge on any atom is 0.220 e. The number of amides is 1. The number of hydrogen-bond donors (Lipinski definition) is 6. The van der Waals surface area contributed by atoms with Crippen LogP contribution in [0.2, 0.25) is 0 Å². The van der Waals surface area contributed by atoms with Gasteiger partial charge in [0, 0.05) is 6.42 Å². The molecule has 0 aromatic heterocycles. The number of allylic oxidation sites excluding steroid dienone is 3. The Morgan fingerprint density at radius 3 is 1.42 bits per heavy atom. The Labute approximate surface area is 349 Å². The molecule has 1 aliphatic rings. The fraction of sp³-hybridized carbons (Fsp3) is 0.896. The number of carbonyl (C=O) groups excluding carboxylic acids is 1. The highest BCUT2D eigenvalue weighted by Gasteiger charge is 2.44. The predicted octanol–water partition coefficient (Wildman–Crippen LogP) is 10.3. The van der Waals surface area contributed by atoms with Crippen molar-refractivity contribution in [3.63, 3.8) is 0 Å². The summed E-state index contributed by atoms with van der Waals surface area (Å²) < 4.78 is 11.2. The average Bonchev–Trinajstić information content (AvgIpc) is 3.21. The monoisotopic (exact) mass is 810 g/mol. The van der Waals surface area contributed by atoms with E-state index in [0.717, 1.165) is 38.5 Å². The van der Waals surface area contributed by atoms with Crippen LogP contribution in [0.3, 0.4) is 0 Å². The first-order chi connectivity index (χ1) is 27.8. The maximum absolute atomic E-state index is 13.0. The summed E-state index contributed by atoms with van der Waals surface area (Å²) in [7, 11) is 0. The Balaban J connectivity index is 2.29. The van der Waals surface area contributed by atoms with Gasteiger partial charge >= 0.3 is 0 Å². The molecule has 1 rings (SSSR count). The predicted molar refractivity (Wildman–Crippen MR) is 235 cm³/mol. The van der Waals surface area contributed by atoms with Gasteiger partial charge in [0.1, 0.15) is 24.4 Å². The van der Waals surface area contributed by atoms with E-state index in [1.165, 1.54) is 161 Å². The molecule has 1 aliphatic heterocycles. The zero-order chi connectivity index (χ0) is 41.6. The van der Waals surface area contributed by atoms with Gasteiger partial charge in [-0.2, -0.15) is 0 Å². The number of hydrogen-bond acceptors (Lipinski definition) is 8. The summed E-state index contributed by atoms with van der Waals surface area (Å²) in [4.78, 5) is 13.0. The first-order valence-corrected chi connectivity index (χ1v) is 24.1. The number of carbonyl (C=O) groups is 1. The quantitative estimate of drug-likeness (QED) is 0.0265. The van der Waals surface area contributed by atoms with E-state index >= 15 is 0 Å². The van der Waals surface area contributed by atoms with Crippen molar-refractivity contribution in [2.24, 2.45) is 0 Å². The van der Waals surface area contributed by atoms with Gasteiger partial charge in [0.05, 0.1) is 25.4 Å². The van der Waals surface area contributed by atoms with Crippen LogP contribution in [-0.2, 0) is 14.3 Å². The maximum atomic E-state index is 13.0. The van der Waals surface area contributed by atoms with Gasteiger partial charge in [0.2, 0.25) is 5.91 Å². The molecule has 9 heteroatoms. The van der Waals surface area contributed by atoms with E-state index in [2.05, 4.69) is 31.3 Å². The Kier molecular flexibility index (Phi) is 36.6. The lowest BCUT2D eigenvalue weighted by Gasteiger charge is -2.40. The zero-order valence-corrected chi connectivity index (χ0v) is 36.9. The van der Waals surface area contributed by atoms with Crippen LogP contribution in [0.1, 0.15) is 219 Å². The molecule has 57 heavy (non-hydrogen) atoms. The van der Waals surface area contributed by atoms with Crippen molar-refractivity contribution in [1.29, 1.82) is 0 Å². The summed E-state index contributed by atoms with van der Waals surface area (Å²) in [6.45, 7) is 3.77. The standard InChI is InChI=1S/C48H91NO8/c1-3-5-7-9-11-13-15-17-18-19-20-21-22-23-24-26-28-30-32-34-36-38-44(52)49-41(40-56-48-47(55)46(54)45(53)43(39-50)57-48)42(51)37-35-33-31-29-27-25-16-14-12-10-8-6-4-2/h17-18,35,37,41-43,45-48,50-51,53-55H,3-16,19-34,36,38-40H2,1-2H3,(H,49,52)/b18-17-,37-35+/t41-,42+,43+,45-,46-,47+,48-/m0/s1. The van der Waals surface area contributed by atoms with Crippen molar-refractivity contribution in [3.8, 4) is 0 Å². The summed E-state index contributed by atoms with van der Waals surface area (Å²) in [6.07, 6.45) is 39.3. The smallest absolute Gasteiger partial charge is 0.220 e. The summed E-state index contributed by atoms with van der Waals surface area (Å²) in [5, 5.41) is 54.2. The topological polar surface area (TPSA) is 149 Å². The van der Waals surface area contributed by atoms with Crippen LogP contribution in [0.25, 0.3) is 0 Å². The zero-order valence-electron chi connectivity index (χ0n) is 36.9. The van der Waals surface area contributed by atoms with Crippen molar-refractivity contribution < 1.29 is 39.8 Å². The normalized spacial score (nSPS) is 21.1. The molecule has 1 saturated heterocycles. The molecule has 0 aromatic rings. The van der Waals surface area contributed by atoms with Gasteiger partial charge in [-0.3, -0.25) is 4.79 Å². The van der Waals surface area contributed by atoms with E-state index in [1.54, 1.807) is 6.08 Å². The Morgan fingerprint density at radius 1 is 0.579 bits per heavy atom. The molecule has 336 valence electrons. The molecule has 0 unspecified atom stereocenters. The molecule has 1 amide bonds. The molecule has 7 atom stereocenters. The van der Waals surface area contributed by atoms with Gasteiger partial charge in [-0.25, -0.2) is 0 Å². The fourth-order valence-electron chi connectivity index (χ4n) is 7.62. The Morgan fingerprint density at radius 2 is 0.982 bits per heavy atom. The van der Waals surface area contributed by atoms with Gasteiger partial charge in [0.15, 0.2) is 6.29 Å². The van der Waals surface area contributed by atoms with Crippen LogP contribution in [0.5, 0.6) is 0 Å². The second-order valence-electron chi connectivity index (χ2n) is 16.9. The van der Waals surface area contributed by atoms with Crippen LogP contribution >= 0.6 is 0 Å². The molecule has 0 spiro atoms. The number of ether oxygens (including phenoxy) is 2. The van der Waals surface area contributed by atoms with Crippen LogP contribution in [0, 0.1) is 0 Å².